The van der Waals surface area contributed by atoms with Crippen LogP contribution in [0.3, 0.4) is 0 Å². The molecule has 0 aliphatic rings. The van der Waals surface area contributed by atoms with Gasteiger partial charge in [-0.3, -0.25) is 0 Å². The molecule has 0 atom stereocenters. The Bertz CT molecular complexity index is 896. The van der Waals surface area contributed by atoms with Crippen LogP contribution in [0.2, 0.25) is 0 Å². The van der Waals surface area contributed by atoms with Crippen LogP contribution < -0.4 is 4.72 Å². The van der Waals surface area contributed by atoms with Crippen LogP contribution in [0.25, 0.3) is 10.9 Å². The molecule has 0 saturated carbocycles. The molecule has 0 radical (unpaired) electrons. The zero-order chi connectivity index (χ0) is 15.0. The van der Waals surface area contributed by atoms with Gasteiger partial charge in [-0.25, -0.2) is 13.1 Å². The Hall–Kier alpha value is -2.42. The van der Waals surface area contributed by atoms with E-state index in [0.717, 1.165) is 5.39 Å². The van der Waals surface area contributed by atoms with E-state index in [0.29, 0.717) is 12.1 Å². The van der Waals surface area contributed by atoms with Crippen LogP contribution >= 0.6 is 0 Å². The van der Waals surface area contributed by atoms with Crippen molar-refractivity contribution in [3.05, 3.63) is 30.5 Å². The number of para-hydroxylation sites is 1. The molecule has 0 amide bonds. The molecule has 8 nitrogen and oxygen atoms in total. The highest BCUT2D eigenvalue weighted by Gasteiger charge is 2.21. The second kappa shape index (κ2) is 4.85. The average molecular weight is 306 g/mol. The predicted molar refractivity (Wildman–Crippen MR) is 77.2 cm³/mol. The van der Waals surface area contributed by atoms with Gasteiger partial charge in [-0.1, -0.05) is 17.2 Å². The third-order valence-corrected chi connectivity index (χ3v) is 4.47. The van der Waals surface area contributed by atoms with Crippen molar-refractivity contribution in [3.63, 3.8) is 0 Å². The van der Waals surface area contributed by atoms with Crippen molar-refractivity contribution in [2.24, 2.45) is 7.05 Å². The Balaban J connectivity index is 2.06. The Morgan fingerprint density at radius 3 is 2.81 bits per heavy atom. The first-order valence-electron chi connectivity index (χ1n) is 6.36. The standard InChI is InChI=1S/C12H14N6O2S/c1-3-18-14-12(13-16-18)15-21(19,20)10-6-4-5-9-7-8-17(2)11(9)10/h4-8H,3H2,1-2H3,(H,14,15). The van der Waals surface area contributed by atoms with Gasteiger partial charge in [0.2, 0.25) is 0 Å². The first-order chi connectivity index (χ1) is 10.0. The maximum Gasteiger partial charge on any atom is 0.277 e. The molecule has 0 spiro atoms. The predicted octanol–water partition coefficient (Wildman–Crippen LogP) is 0.985. The highest BCUT2D eigenvalue weighted by Crippen LogP contribution is 2.24. The molecule has 3 aromatic rings. The third kappa shape index (κ3) is 2.35. The van der Waals surface area contributed by atoms with E-state index < -0.39 is 10.0 Å². The number of aryl methyl sites for hydroxylation is 2. The lowest BCUT2D eigenvalue weighted by molar-refractivity contribution is 0.553. The van der Waals surface area contributed by atoms with Crippen LogP contribution in [0.15, 0.2) is 35.4 Å². The van der Waals surface area contributed by atoms with E-state index in [9.17, 15) is 8.42 Å². The van der Waals surface area contributed by atoms with E-state index in [1.54, 1.807) is 23.7 Å². The molecular weight excluding hydrogens is 292 g/mol. The molecule has 1 aromatic carbocycles. The van der Waals surface area contributed by atoms with E-state index >= 15 is 0 Å². The highest BCUT2D eigenvalue weighted by molar-refractivity contribution is 7.93. The minimum atomic E-state index is -3.78. The summed E-state index contributed by atoms with van der Waals surface area (Å²) in [4.78, 5) is 1.49. The monoisotopic (exact) mass is 306 g/mol. The van der Waals surface area contributed by atoms with Gasteiger partial charge in [0.05, 0.1) is 12.1 Å². The molecular formula is C12H14N6O2S. The SMILES string of the molecule is CCn1nnc(NS(=O)(=O)c2cccc3ccn(C)c23)n1. The fourth-order valence-corrected chi connectivity index (χ4v) is 3.33. The molecule has 0 aliphatic heterocycles. The number of tetrazole rings is 1. The topological polar surface area (TPSA) is 94.7 Å². The minimum Gasteiger partial charge on any atom is -0.349 e. The fraction of sp³-hybridized carbons (Fsp3) is 0.250. The molecule has 110 valence electrons. The summed E-state index contributed by atoms with van der Waals surface area (Å²) in [6.45, 7) is 2.35. The van der Waals surface area contributed by atoms with Crippen molar-refractivity contribution in [1.82, 2.24) is 24.8 Å². The van der Waals surface area contributed by atoms with Crippen molar-refractivity contribution < 1.29 is 8.42 Å². The minimum absolute atomic E-state index is 0.0388. The second-order valence-electron chi connectivity index (χ2n) is 4.53. The van der Waals surface area contributed by atoms with Crippen molar-refractivity contribution in [1.29, 1.82) is 0 Å². The molecule has 0 unspecified atom stereocenters. The molecule has 3 rings (SSSR count). The molecule has 21 heavy (non-hydrogen) atoms. The second-order valence-corrected chi connectivity index (χ2v) is 6.18. The lowest BCUT2D eigenvalue weighted by Gasteiger charge is -2.07. The number of aromatic nitrogens is 5. The van der Waals surface area contributed by atoms with E-state index in [-0.39, 0.29) is 10.8 Å². The van der Waals surface area contributed by atoms with Gasteiger partial charge in [0.15, 0.2) is 0 Å². The number of hydrogen-bond acceptors (Lipinski definition) is 5. The molecule has 0 aliphatic carbocycles. The van der Waals surface area contributed by atoms with Gasteiger partial charge in [-0.2, -0.15) is 4.80 Å². The molecule has 0 saturated heterocycles. The van der Waals surface area contributed by atoms with Crippen molar-refractivity contribution in [2.45, 2.75) is 18.4 Å². The van der Waals surface area contributed by atoms with Crippen LogP contribution in [0.5, 0.6) is 0 Å². The van der Waals surface area contributed by atoms with E-state index in [2.05, 4.69) is 20.1 Å². The van der Waals surface area contributed by atoms with Crippen LogP contribution in [0.4, 0.5) is 5.95 Å². The smallest absolute Gasteiger partial charge is 0.277 e. The van der Waals surface area contributed by atoms with Crippen molar-refractivity contribution in [3.8, 4) is 0 Å². The third-order valence-electron chi connectivity index (χ3n) is 3.11. The number of nitrogens with zero attached hydrogens (tertiary/aromatic N) is 5. The number of nitrogens with one attached hydrogen (secondary N) is 1. The Morgan fingerprint density at radius 2 is 2.10 bits per heavy atom. The molecule has 0 bridgehead atoms. The van der Waals surface area contributed by atoms with Gasteiger partial charge < -0.3 is 4.57 Å². The van der Waals surface area contributed by atoms with E-state index in [1.807, 2.05) is 25.3 Å². The van der Waals surface area contributed by atoms with E-state index in [1.165, 1.54) is 4.80 Å². The number of hydrogen-bond donors (Lipinski definition) is 1. The summed E-state index contributed by atoms with van der Waals surface area (Å²) in [6.07, 6.45) is 1.81. The number of benzene rings is 1. The Labute approximate surface area is 121 Å². The van der Waals surface area contributed by atoms with Gasteiger partial charge in [0, 0.05) is 18.6 Å². The molecule has 9 heteroatoms. The maximum atomic E-state index is 12.5. The summed E-state index contributed by atoms with van der Waals surface area (Å²) in [6, 6.07) is 6.97. The Morgan fingerprint density at radius 1 is 1.29 bits per heavy atom. The quantitative estimate of drug-likeness (QED) is 0.775. The summed E-state index contributed by atoms with van der Waals surface area (Å²) >= 11 is 0. The number of fused-ring (bicyclic) bond motifs is 1. The first kappa shape index (κ1) is 13.6. The van der Waals surface area contributed by atoms with Crippen molar-refractivity contribution >= 4 is 26.9 Å². The largest absolute Gasteiger partial charge is 0.349 e. The van der Waals surface area contributed by atoms with Crippen LogP contribution in [0, 0.1) is 0 Å². The maximum absolute atomic E-state index is 12.5. The summed E-state index contributed by atoms with van der Waals surface area (Å²) in [5.41, 5.74) is 0.632. The van der Waals surface area contributed by atoms with Gasteiger partial charge >= 0.3 is 0 Å². The highest BCUT2D eigenvalue weighted by atomic mass is 32.2. The molecule has 2 aromatic heterocycles. The van der Waals surface area contributed by atoms with Gasteiger partial charge in [-0.05, 0) is 24.3 Å². The molecule has 0 fully saturated rings. The lowest BCUT2D eigenvalue weighted by Crippen LogP contribution is -2.15. The summed E-state index contributed by atoms with van der Waals surface area (Å²) in [5.74, 6) is -0.0388. The van der Waals surface area contributed by atoms with Crippen molar-refractivity contribution in [2.75, 3.05) is 4.72 Å². The molecule has 2 heterocycles. The van der Waals surface area contributed by atoms with Gasteiger partial charge in [0.25, 0.3) is 16.0 Å². The normalized spacial score (nSPS) is 11.9. The number of sulfonamides is 1. The number of rotatable bonds is 4. The van der Waals surface area contributed by atoms with Crippen LogP contribution in [0.1, 0.15) is 6.92 Å². The number of anilines is 1. The first-order valence-corrected chi connectivity index (χ1v) is 7.84. The fourth-order valence-electron chi connectivity index (χ4n) is 2.13. The Kier molecular flexibility index (Phi) is 3.13. The summed E-state index contributed by atoms with van der Waals surface area (Å²) in [5, 5.41) is 12.2. The average Bonchev–Trinajstić information content (AvgIpc) is 3.05. The zero-order valence-corrected chi connectivity index (χ0v) is 12.4. The summed E-state index contributed by atoms with van der Waals surface area (Å²) < 4.78 is 29.2. The van der Waals surface area contributed by atoms with Gasteiger partial charge in [-0.15, -0.1) is 5.10 Å². The van der Waals surface area contributed by atoms with E-state index in [4.69, 9.17) is 0 Å². The zero-order valence-electron chi connectivity index (χ0n) is 11.6. The lowest BCUT2D eigenvalue weighted by atomic mass is 10.2. The van der Waals surface area contributed by atoms with Crippen LogP contribution in [-0.2, 0) is 23.6 Å². The molecule has 1 N–H and O–H groups in total. The van der Waals surface area contributed by atoms with Crippen LogP contribution in [-0.4, -0.2) is 33.2 Å². The summed E-state index contributed by atoms with van der Waals surface area (Å²) in [7, 11) is -1.98. The van der Waals surface area contributed by atoms with Gasteiger partial charge in [0.1, 0.15) is 4.90 Å².